The number of nitrogens with zero attached hydrogens (tertiary/aromatic N) is 3. The molecule has 1 N–H and O–H groups in total. The third-order valence-corrected chi connectivity index (χ3v) is 6.24. The molecule has 2 rings (SSSR count). The van der Waals surface area contributed by atoms with Crippen molar-refractivity contribution in [1.29, 1.82) is 0 Å². The zero-order valence-corrected chi connectivity index (χ0v) is 18.4. The summed E-state index contributed by atoms with van der Waals surface area (Å²) in [6.07, 6.45) is 7.17. The van der Waals surface area contributed by atoms with Crippen LogP contribution >= 0.6 is 11.3 Å². The summed E-state index contributed by atoms with van der Waals surface area (Å²) in [7, 11) is 5.60. The lowest BCUT2D eigenvalue weighted by Crippen LogP contribution is -2.50. The first-order valence-electron chi connectivity index (χ1n) is 10.1. The Labute approximate surface area is 168 Å². The molecule has 0 aliphatic heterocycles. The Morgan fingerprint density at radius 1 is 1.41 bits per heavy atom. The fourth-order valence-electron chi connectivity index (χ4n) is 3.51. The van der Waals surface area contributed by atoms with Gasteiger partial charge in [0.05, 0.1) is 17.8 Å². The van der Waals surface area contributed by atoms with Gasteiger partial charge in [-0.05, 0) is 26.2 Å². The van der Waals surface area contributed by atoms with Crippen molar-refractivity contribution in [2.75, 3.05) is 34.4 Å². The summed E-state index contributed by atoms with van der Waals surface area (Å²) < 4.78 is 11.7. The number of methoxy groups -OCH3 is 1. The fourth-order valence-corrected chi connectivity index (χ4v) is 4.35. The van der Waals surface area contributed by atoms with Crippen molar-refractivity contribution in [1.82, 2.24) is 15.2 Å². The normalized spacial score (nSPS) is 18.3. The van der Waals surface area contributed by atoms with Gasteiger partial charge in [0, 0.05) is 39.7 Å². The first-order valence-corrected chi connectivity index (χ1v) is 10.9. The number of guanidine groups is 1. The zero-order valence-electron chi connectivity index (χ0n) is 17.6. The fraction of sp³-hybridized carbons (Fsp3) is 0.800. The van der Waals surface area contributed by atoms with Crippen LogP contribution in [0.5, 0.6) is 0 Å². The van der Waals surface area contributed by atoms with E-state index in [-0.39, 0.29) is 11.7 Å². The van der Waals surface area contributed by atoms with Crippen LogP contribution in [-0.4, -0.2) is 55.8 Å². The van der Waals surface area contributed by atoms with Crippen LogP contribution in [0, 0.1) is 0 Å². The van der Waals surface area contributed by atoms with Crippen LogP contribution < -0.4 is 5.32 Å². The van der Waals surface area contributed by atoms with E-state index in [9.17, 15) is 0 Å². The van der Waals surface area contributed by atoms with Crippen molar-refractivity contribution < 1.29 is 9.47 Å². The summed E-state index contributed by atoms with van der Waals surface area (Å²) in [6.45, 7) is 6.55. The molecule has 6 nitrogen and oxygen atoms in total. The molecule has 0 saturated heterocycles. The standard InChI is InChI=1S/C20H36N4O2S/c1-6-12-26-20(10-8-7-9-11-20)15-22-19(21-3)24(4)13-17-14-27-18(23-17)16(2)25-5/h14,16H,6-13,15H2,1-5H3,(H,21,22). The molecule has 27 heavy (non-hydrogen) atoms. The summed E-state index contributed by atoms with van der Waals surface area (Å²) in [6, 6.07) is 0. The van der Waals surface area contributed by atoms with Crippen molar-refractivity contribution >= 4 is 17.3 Å². The van der Waals surface area contributed by atoms with Crippen LogP contribution in [0.25, 0.3) is 0 Å². The molecule has 154 valence electrons. The SMILES string of the molecule is CCCOC1(CNC(=NC)N(C)Cc2csc(C(C)OC)n2)CCCCC1. The molecule has 1 aliphatic carbocycles. The van der Waals surface area contributed by atoms with E-state index in [1.54, 1.807) is 18.4 Å². The highest BCUT2D eigenvalue weighted by molar-refractivity contribution is 7.09. The van der Waals surface area contributed by atoms with Gasteiger partial charge in [0.15, 0.2) is 5.96 Å². The Bertz CT molecular complexity index is 584. The monoisotopic (exact) mass is 396 g/mol. The second-order valence-electron chi connectivity index (χ2n) is 7.40. The van der Waals surface area contributed by atoms with Crippen LogP contribution in [0.15, 0.2) is 10.4 Å². The molecular weight excluding hydrogens is 360 g/mol. The van der Waals surface area contributed by atoms with Gasteiger partial charge in [0.2, 0.25) is 0 Å². The maximum Gasteiger partial charge on any atom is 0.193 e. The first kappa shape index (κ1) is 22.1. The molecule has 1 fully saturated rings. The molecule has 0 bridgehead atoms. The van der Waals surface area contributed by atoms with Gasteiger partial charge >= 0.3 is 0 Å². The quantitative estimate of drug-likeness (QED) is 0.505. The smallest absolute Gasteiger partial charge is 0.193 e. The second kappa shape index (κ2) is 11.0. The minimum atomic E-state index is -0.0489. The van der Waals surface area contributed by atoms with Crippen molar-refractivity contribution in [3.05, 3.63) is 16.1 Å². The average Bonchev–Trinajstić information content (AvgIpc) is 3.15. The average molecular weight is 397 g/mol. The summed E-state index contributed by atoms with van der Waals surface area (Å²) in [5, 5.41) is 6.66. The number of hydrogen-bond donors (Lipinski definition) is 1. The van der Waals surface area contributed by atoms with E-state index >= 15 is 0 Å². The number of nitrogens with one attached hydrogen (secondary N) is 1. The highest BCUT2D eigenvalue weighted by Gasteiger charge is 2.33. The van der Waals surface area contributed by atoms with Crippen LogP contribution in [0.2, 0.25) is 0 Å². The minimum Gasteiger partial charge on any atom is -0.375 e. The number of rotatable bonds is 9. The van der Waals surface area contributed by atoms with Gasteiger partial charge in [-0.3, -0.25) is 4.99 Å². The summed E-state index contributed by atoms with van der Waals surface area (Å²) in [4.78, 5) is 11.3. The lowest BCUT2D eigenvalue weighted by atomic mass is 9.84. The largest absolute Gasteiger partial charge is 0.375 e. The van der Waals surface area contributed by atoms with E-state index in [1.807, 2.05) is 14.0 Å². The molecule has 0 aromatic carbocycles. The summed E-state index contributed by atoms with van der Waals surface area (Å²) in [5.74, 6) is 0.884. The molecule has 1 aromatic heterocycles. The van der Waals surface area contributed by atoms with Gasteiger partial charge in [-0.1, -0.05) is 26.2 Å². The number of hydrogen-bond acceptors (Lipinski definition) is 5. The number of thiazole rings is 1. The predicted octanol–water partition coefficient (Wildman–Crippen LogP) is 3.99. The molecular formula is C20H36N4O2S. The van der Waals surface area contributed by atoms with Crippen molar-refractivity contribution in [3.8, 4) is 0 Å². The number of aliphatic imine (C=N–C) groups is 1. The third-order valence-electron chi connectivity index (χ3n) is 5.19. The zero-order chi connectivity index (χ0) is 19.7. The van der Waals surface area contributed by atoms with Gasteiger partial charge in [0.25, 0.3) is 0 Å². The summed E-state index contributed by atoms with van der Waals surface area (Å²) >= 11 is 1.64. The van der Waals surface area contributed by atoms with Gasteiger partial charge in [-0.15, -0.1) is 11.3 Å². The van der Waals surface area contributed by atoms with Crippen molar-refractivity contribution in [3.63, 3.8) is 0 Å². The topological polar surface area (TPSA) is 59.0 Å². The molecule has 1 aromatic rings. The van der Waals surface area contributed by atoms with Crippen LogP contribution in [0.1, 0.15) is 69.2 Å². The Kier molecular flexibility index (Phi) is 8.99. The first-order chi connectivity index (χ1) is 13.0. The Morgan fingerprint density at radius 3 is 2.78 bits per heavy atom. The minimum absolute atomic E-state index is 0.0355. The van der Waals surface area contributed by atoms with E-state index in [4.69, 9.17) is 9.47 Å². The number of ether oxygens (including phenoxy) is 2. The number of aromatic nitrogens is 1. The van der Waals surface area contributed by atoms with Gasteiger partial charge in [-0.25, -0.2) is 4.98 Å². The Hall–Kier alpha value is -1.18. The molecule has 0 spiro atoms. The highest BCUT2D eigenvalue weighted by Crippen LogP contribution is 2.31. The Morgan fingerprint density at radius 2 is 2.15 bits per heavy atom. The van der Waals surface area contributed by atoms with E-state index in [1.165, 1.54) is 19.3 Å². The summed E-state index contributed by atoms with van der Waals surface area (Å²) in [5.41, 5.74) is 0.992. The molecule has 1 atom stereocenters. The maximum absolute atomic E-state index is 6.29. The molecule has 7 heteroatoms. The second-order valence-corrected chi connectivity index (χ2v) is 8.29. The van der Waals surface area contributed by atoms with E-state index < -0.39 is 0 Å². The molecule has 0 amide bonds. The third kappa shape index (κ3) is 6.43. The van der Waals surface area contributed by atoms with Crippen LogP contribution in [-0.2, 0) is 16.0 Å². The van der Waals surface area contributed by atoms with Crippen molar-refractivity contribution in [2.45, 2.75) is 70.6 Å². The molecule has 1 unspecified atom stereocenters. The van der Waals surface area contributed by atoms with Crippen LogP contribution in [0.4, 0.5) is 0 Å². The van der Waals surface area contributed by atoms with Gasteiger partial charge in [0.1, 0.15) is 11.1 Å². The van der Waals surface area contributed by atoms with Crippen LogP contribution in [0.3, 0.4) is 0 Å². The lowest BCUT2D eigenvalue weighted by molar-refractivity contribution is -0.0659. The predicted molar refractivity (Wildman–Crippen MR) is 112 cm³/mol. The van der Waals surface area contributed by atoms with Gasteiger partial charge < -0.3 is 19.7 Å². The van der Waals surface area contributed by atoms with E-state index in [0.717, 1.165) is 55.6 Å². The Balaban J connectivity index is 1.93. The van der Waals surface area contributed by atoms with Gasteiger partial charge in [-0.2, -0.15) is 0 Å². The molecule has 1 heterocycles. The maximum atomic E-state index is 6.29. The molecule has 1 aliphatic rings. The van der Waals surface area contributed by atoms with E-state index in [2.05, 4.69) is 39.5 Å². The lowest BCUT2D eigenvalue weighted by Gasteiger charge is -2.38. The molecule has 0 radical (unpaired) electrons. The molecule has 1 saturated carbocycles. The van der Waals surface area contributed by atoms with Crippen molar-refractivity contribution in [2.24, 2.45) is 4.99 Å². The highest BCUT2D eigenvalue weighted by atomic mass is 32.1. The van der Waals surface area contributed by atoms with E-state index in [0.29, 0.717) is 0 Å².